The number of amides is 1. The van der Waals surface area contributed by atoms with Gasteiger partial charge >= 0.3 is 0 Å². The van der Waals surface area contributed by atoms with Crippen molar-refractivity contribution in [3.8, 4) is 16.9 Å². The molecule has 0 saturated carbocycles. The lowest BCUT2D eigenvalue weighted by atomic mass is 9.97. The highest BCUT2D eigenvalue weighted by Crippen LogP contribution is 2.38. The van der Waals surface area contributed by atoms with Crippen LogP contribution in [0.4, 0.5) is 23.2 Å². The molecule has 1 saturated heterocycles. The highest BCUT2D eigenvalue weighted by molar-refractivity contribution is 6.10. The first-order valence-electron chi connectivity index (χ1n) is 13.6. The van der Waals surface area contributed by atoms with Gasteiger partial charge in [-0.05, 0) is 30.7 Å². The minimum absolute atomic E-state index is 0.0814. The Morgan fingerprint density at radius 1 is 0.929 bits per heavy atom. The third-order valence-corrected chi connectivity index (χ3v) is 7.32. The van der Waals surface area contributed by atoms with Gasteiger partial charge in [-0.2, -0.15) is 0 Å². The number of fused-ring (bicyclic) bond motifs is 2. The normalized spacial score (nSPS) is 17.6. The molecule has 7 nitrogen and oxygen atoms in total. The average molecular weight is 582 g/mol. The molecule has 2 aliphatic heterocycles. The predicted molar refractivity (Wildman–Crippen MR) is 147 cm³/mol. The maximum Gasteiger partial charge on any atom is 0.255 e. The fourth-order valence-corrected chi connectivity index (χ4v) is 5.34. The Hall–Kier alpha value is -4.22. The Balaban J connectivity index is 1.46. The van der Waals surface area contributed by atoms with Crippen LogP contribution >= 0.6 is 0 Å². The van der Waals surface area contributed by atoms with Gasteiger partial charge < -0.3 is 24.8 Å². The number of ether oxygens (including phenoxy) is 3. The third kappa shape index (κ3) is 5.49. The summed E-state index contributed by atoms with van der Waals surface area (Å²) >= 11 is 0. The number of hydrogen-bond donors (Lipinski definition) is 2. The molecule has 1 fully saturated rings. The lowest BCUT2D eigenvalue weighted by molar-refractivity contribution is 0.0288. The van der Waals surface area contributed by atoms with Crippen LogP contribution < -0.4 is 15.4 Å². The summed E-state index contributed by atoms with van der Waals surface area (Å²) in [5.74, 6) is -4.67. The number of nitrogens with one attached hydrogen (secondary N) is 2. The van der Waals surface area contributed by atoms with Crippen molar-refractivity contribution in [2.75, 3.05) is 38.4 Å². The molecular formula is C31H27F4N3O4. The van der Waals surface area contributed by atoms with E-state index in [1.807, 2.05) is 24.3 Å². The average Bonchev–Trinajstić information content (AvgIpc) is 2.96. The summed E-state index contributed by atoms with van der Waals surface area (Å²) in [4.78, 5) is 18.1. The first kappa shape index (κ1) is 27.9. The summed E-state index contributed by atoms with van der Waals surface area (Å²) in [6.07, 6.45) is 2.52. The van der Waals surface area contributed by atoms with E-state index in [0.29, 0.717) is 44.1 Å². The Labute approximate surface area is 238 Å². The summed E-state index contributed by atoms with van der Waals surface area (Å²) in [6, 6.07) is 10.2. The van der Waals surface area contributed by atoms with Crippen molar-refractivity contribution in [2.45, 2.75) is 24.9 Å². The minimum Gasteiger partial charge on any atom is -0.493 e. The van der Waals surface area contributed by atoms with Gasteiger partial charge in [0, 0.05) is 54.0 Å². The van der Waals surface area contributed by atoms with Gasteiger partial charge in [-0.15, -0.1) is 0 Å². The molecule has 3 aromatic carbocycles. The van der Waals surface area contributed by atoms with Gasteiger partial charge in [0.1, 0.15) is 17.4 Å². The van der Waals surface area contributed by atoms with Crippen LogP contribution in [0.2, 0.25) is 0 Å². The summed E-state index contributed by atoms with van der Waals surface area (Å²) in [5, 5.41) is 6.58. The van der Waals surface area contributed by atoms with E-state index >= 15 is 4.39 Å². The van der Waals surface area contributed by atoms with Crippen LogP contribution in [0.25, 0.3) is 22.0 Å². The number of carbonyl (C=O) groups excluding carboxylic acids is 1. The monoisotopic (exact) mass is 581 g/mol. The maximum atomic E-state index is 15.2. The minimum atomic E-state index is -1.46. The highest BCUT2D eigenvalue weighted by Gasteiger charge is 2.28. The van der Waals surface area contributed by atoms with Crippen LogP contribution in [0.15, 0.2) is 54.7 Å². The molecule has 1 atom stereocenters. The first-order chi connectivity index (χ1) is 20.4. The third-order valence-electron chi connectivity index (χ3n) is 7.32. The quantitative estimate of drug-likeness (QED) is 0.225. The zero-order chi connectivity index (χ0) is 29.2. The lowest BCUT2D eigenvalue weighted by Crippen LogP contribution is -2.35. The Morgan fingerprint density at radius 2 is 1.71 bits per heavy atom. The topological polar surface area (TPSA) is 81.7 Å². The number of nitrogens with zero attached hydrogens (tertiary/aromatic N) is 1. The fraction of sp³-hybridized carbons (Fsp3) is 0.290. The Kier molecular flexibility index (Phi) is 7.94. The molecule has 0 aliphatic carbocycles. The molecule has 0 bridgehead atoms. The van der Waals surface area contributed by atoms with Gasteiger partial charge in [-0.25, -0.2) is 17.6 Å². The molecule has 218 valence electrons. The molecule has 3 heterocycles. The molecule has 42 heavy (non-hydrogen) atoms. The standard InChI is InChI=1S/C31H27F4N3O4/c32-17-12-21(28(35)24(34)13-17)27-23(33)7-6-20-29(37-18-15-40-9-3-10-41-16-18)22(14-36-30(20)27)31(39)38-25-8-11-42-26-5-2-1-4-19(25)26/h1-2,4-7,12-14,18,25H,3,8-11,15-16H2,(H,36,37)(H,38,39)/t25-/m0/s1. The molecular weight excluding hydrogens is 554 g/mol. The zero-order valence-corrected chi connectivity index (χ0v) is 22.4. The summed E-state index contributed by atoms with van der Waals surface area (Å²) < 4.78 is 75.6. The van der Waals surface area contributed by atoms with Crippen LogP contribution in [-0.4, -0.2) is 50.0 Å². The number of anilines is 1. The number of rotatable bonds is 5. The van der Waals surface area contributed by atoms with Crippen molar-refractivity contribution in [1.82, 2.24) is 10.3 Å². The van der Waals surface area contributed by atoms with Gasteiger partial charge in [0.2, 0.25) is 0 Å². The van der Waals surface area contributed by atoms with Crippen LogP contribution in [-0.2, 0) is 9.47 Å². The number of carbonyl (C=O) groups is 1. The molecule has 2 N–H and O–H groups in total. The van der Waals surface area contributed by atoms with Gasteiger partial charge in [-0.3, -0.25) is 9.78 Å². The van der Waals surface area contributed by atoms with E-state index < -0.39 is 46.3 Å². The summed E-state index contributed by atoms with van der Waals surface area (Å²) in [7, 11) is 0. The van der Waals surface area contributed by atoms with Crippen molar-refractivity contribution < 1.29 is 36.6 Å². The SMILES string of the molecule is O=C(N[C@H]1CCOc2ccccc21)c1cnc2c(-c3cc(F)cc(F)c3F)c(F)ccc2c1NC1COCCCOC1. The van der Waals surface area contributed by atoms with Crippen molar-refractivity contribution in [1.29, 1.82) is 0 Å². The summed E-state index contributed by atoms with van der Waals surface area (Å²) in [5.41, 5.74) is 0.105. The predicted octanol–water partition coefficient (Wildman–Crippen LogP) is 5.93. The molecule has 0 spiro atoms. The molecule has 11 heteroatoms. The van der Waals surface area contributed by atoms with Crippen LogP contribution in [0, 0.1) is 23.3 Å². The summed E-state index contributed by atoms with van der Waals surface area (Å²) in [6.45, 7) is 1.92. The number of hydrogen-bond acceptors (Lipinski definition) is 6. The highest BCUT2D eigenvalue weighted by atomic mass is 19.2. The van der Waals surface area contributed by atoms with Gasteiger partial charge in [0.05, 0.1) is 48.7 Å². The molecule has 0 radical (unpaired) electrons. The van der Waals surface area contributed by atoms with Crippen molar-refractivity contribution in [3.63, 3.8) is 0 Å². The number of aromatic nitrogens is 1. The second-order valence-electron chi connectivity index (χ2n) is 10.2. The number of benzene rings is 3. The largest absolute Gasteiger partial charge is 0.493 e. The van der Waals surface area contributed by atoms with Gasteiger partial charge in [0.25, 0.3) is 5.91 Å². The lowest BCUT2D eigenvalue weighted by Gasteiger charge is -2.28. The van der Waals surface area contributed by atoms with Crippen LogP contribution in [0.1, 0.15) is 34.8 Å². The van der Waals surface area contributed by atoms with Crippen molar-refractivity contribution in [2.24, 2.45) is 0 Å². The van der Waals surface area contributed by atoms with E-state index in [2.05, 4.69) is 15.6 Å². The number of halogens is 4. The molecule has 6 rings (SSSR count). The van der Waals surface area contributed by atoms with E-state index in [1.165, 1.54) is 12.3 Å². The maximum absolute atomic E-state index is 15.2. The number of pyridine rings is 1. The molecule has 4 aromatic rings. The molecule has 2 aliphatic rings. The van der Waals surface area contributed by atoms with E-state index in [-0.39, 0.29) is 41.4 Å². The van der Waals surface area contributed by atoms with Crippen LogP contribution in [0.5, 0.6) is 5.75 Å². The molecule has 1 amide bonds. The van der Waals surface area contributed by atoms with Crippen LogP contribution in [0.3, 0.4) is 0 Å². The smallest absolute Gasteiger partial charge is 0.255 e. The molecule has 1 aromatic heterocycles. The first-order valence-corrected chi connectivity index (χ1v) is 13.6. The number of para-hydroxylation sites is 1. The Bertz CT molecular complexity index is 1640. The van der Waals surface area contributed by atoms with E-state index in [0.717, 1.165) is 18.1 Å². The second kappa shape index (κ2) is 11.9. The van der Waals surface area contributed by atoms with Gasteiger partial charge in [-0.1, -0.05) is 18.2 Å². The second-order valence-corrected chi connectivity index (χ2v) is 10.2. The zero-order valence-electron chi connectivity index (χ0n) is 22.4. The van der Waals surface area contributed by atoms with E-state index in [9.17, 15) is 18.0 Å². The fourth-order valence-electron chi connectivity index (χ4n) is 5.34. The Morgan fingerprint density at radius 3 is 2.52 bits per heavy atom. The van der Waals surface area contributed by atoms with Crippen molar-refractivity contribution >= 4 is 22.5 Å². The van der Waals surface area contributed by atoms with E-state index in [4.69, 9.17) is 14.2 Å². The molecule has 0 unspecified atom stereocenters. The van der Waals surface area contributed by atoms with E-state index in [1.54, 1.807) is 0 Å². The van der Waals surface area contributed by atoms with Gasteiger partial charge in [0.15, 0.2) is 11.6 Å². The van der Waals surface area contributed by atoms with Crippen molar-refractivity contribution in [3.05, 3.63) is 89.1 Å².